The molecule has 1 aromatic rings. The van der Waals surface area contributed by atoms with E-state index in [9.17, 15) is 0 Å². The fourth-order valence-electron chi connectivity index (χ4n) is 0.663. The van der Waals surface area contributed by atoms with Gasteiger partial charge in [-0.25, -0.2) is 0 Å². The Kier molecular flexibility index (Phi) is 3.07. The Bertz CT molecular complexity index is 239. The smallest absolute Gasteiger partial charge is 0.122 e. The van der Waals surface area contributed by atoms with Crippen molar-refractivity contribution in [2.24, 2.45) is 5.73 Å². The van der Waals surface area contributed by atoms with Crippen LogP contribution in [-0.4, -0.2) is 5.84 Å². The van der Waals surface area contributed by atoms with Gasteiger partial charge in [0.15, 0.2) is 0 Å². The van der Waals surface area contributed by atoms with Crippen molar-refractivity contribution in [3.63, 3.8) is 0 Å². The summed E-state index contributed by atoms with van der Waals surface area (Å²) in [5.74, 6) is 0.0694. The van der Waals surface area contributed by atoms with E-state index in [4.69, 9.17) is 16.9 Å². The number of rotatable bonds is 1. The third kappa shape index (κ3) is 2.27. The Morgan fingerprint density at radius 2 is 1.64 bits per heavy atom. The van der Waals surface area contributed by atoms with E-state index in [-0.39, 0.29) is 12.0 Å². The van der Waals surface area contributed by atoms with Gasteiger partial charge in [0.2, 0.25) is 0 Å². The second kappa shape index (κ2) is 3.58. The topological polar surface area (TPSA) is 111 Å². The molecule has 60 valence electrons. The minimum absolute atomic E-state index is 0. The lowest BCUT2D eigenvalue weighted by Gasteiger charge is -1.96. The second-order valence-corrected chi connectivity index (χ2v) is 2.04. The van der Waals surface area contributed by atoms with Crippen LogP contribution in [0.5, 0.6) is 0 Å². The molecule has 11 heavy (non-hydrogen) atoms. The summed E-state index contributed by atoms with van der Waals surface area (Å²) in [7, 11) is 0. The van der Waals surface area contributed by atoms with Crippen molar-refractivity contribution >= 4 is 11.5 Å². The molecule has 4 nitrogen and oxygen atoms in total. The van der Waals surface area contributed by atoms with Crippen LogP contribution >= 0.6 is 0 Å². The van der Waals surface area contributed by atoms with Gasteiger partial charge in [-0.15, -0.1) is 0 Å². The maximum atomic E-state index is 7.04. The molecule has 0 bridgehead atoms. The highest BCUT2D eigenvalue weighted by Gasteiger charge is 1.92. The van der Waals surface area contributed by atoms with E-state index >= 15 is 0 Å². The van der Waals surface area contributed by atoms with Crippen LogP contribution in [0.4, 0.5) is 5.69 Å². The first-order valence-electron chi connectivity index (χ1n) is 2.90. The molecule has 0 atom stereocenters. The largest absolute Gasteiger partial charge is 0.399 e. The zero-order valence-corrected chi connectivity index (χ0v) is 6.17. The monoisotopic (exact) mass is 152 g/mol. The van der Waals surface area contributed by atoms with Gasteiger partial charge >= 0.3 is 0 Å². The van der Waals surface area contributed by atoms with E-state index < -0.39 is 0 Å². The number of benzene rings is 1. The van der Waals surface area contributed by atoms with E-state index in [2.05, 4.69) is 0 Å². The van der Waals surface area contributed by atoms with Gasteiger partial charge in [-0.3, -0.25) is 5.41 Å². The lowest BCUT2D eigenvalue weighted by molar-refractivity contribution is 1.42. The number of nitrogens with two attached hydrogens (primary N) is 2. The van der Waals surface area contributed by atoms with Gasteiger partial charge in [-0.2, -0.15) is 0 Å². The Hall–Kier alpha value is -1.55. The van der Waals surface area contributed by atoms with Crippen LogP contribution in [0, 0.1) is 5.41 Å². The molecule has 0 saturated heterocycles. The highest BCUT2D eigenvalue weighted by atomic mass is 14.7. The fraction of sp³-hybridized carbons (Fsp3) is 0. The van der Waals surface area contributed by atoms with E-state index in [1.165, 1.54) is 0 Å². The van der Waals surface area contributed by atoms with Crippen molar-refractivity contribution in [3.05, 3.63) is 29.8 Å². The SMILES string of the molecule is N.N=C(N)c1ccc(N)cc1. The molecule has 1 rings (SSSR count). The second-order valence-electron chi connectivity index (χ2n) is 2.04. The third-order valence-corrected chi connectivity index (χ3v) is 1.22. The lowest BCUT2D eigenvalue weighted by Crippen LogP contribution is -2.10. The van der Waals surface area contributed by atoms with Gasteiger partial charge in [0.05, 0.1) is 0 Å². The number of amidine groups is 1. The Labute approximate surface area is 65.3 Å². The van der Waals surface area contributed by atoms with E-state index in [1.54, 1.807) is 24.3 Å². The van der Waals surface area contributed by atoms with Crippen molar-refractivity contribution < 1.29 is 0 Å². The summed E-state index contributed by atoms with van der Waals surface area (Å²) >= 11 is 0. The maximum Gasteiger partial charge on any atom is 0.122 e. The minimum atomic E-state index is 0. The van der Waals surface area contributed by atoms with E-state index in [0.29, 0.717) is 11.3 Å². The average Bonchev–Trinajstić information content (AvgIpc) is 1.88. The van der Waals surface area contributed by atoms with Crippen LogP contribution in [0.3, 0.4) is 0 Å². The summed E-state index contributed by atoms with van der Waals surface area (Å²) in [6.45, 7) is 0. The van der Waals surface area contributed by atoms with Gasteiger partial charge in [0.25, 0.3) is 0 Å². The molecule has 0 aliphatic heterocycles. The summed E-state index contributed by atoms with van der Waals surface area (Å²) in [6, 6.07) is 6.88. The molecule has 0 spiro atoms. The third-order valence-electron chi connectivity index (χ3n) is 1.22. The molecule has 0 heterocycles. The van der Waals surface area contributed by atoms with Crippen LogP contribution < -0.4 is 17.6 Å². The summed E-state index contributed by atoms with van der Waals surface area (Å²) < 4.78 is 0. The normalized spacial score (nSPS) is 8.36. The first kappa shape index (κ1) is 9.45. The van der Waals surface area contributed by atoms with Crippen LogP contribution in [0.1, 0.15) is 5.56 Å². The maximum absolute atomic E-state index is 7.04. The van der Waals surface area contributed by atoms with Crippen LogP contribution in [-0.2, 0) is 0 Å². The Morgan fingerprint density at radius 1 is 1.18 bits per heavy atom. The standard InChI is InChI=1S/C7H9N3.H3N/c8-6-3-1-5(2-4-6)7(9)10;/h1-4H,8H2,(H3,9,10);1H3. The van der Waals surface area contributed by atoms with Crippen molar-refractivity contribution in [2.75, 3.05) is 5.73 Å². The summed E-state index contributed by atoms with van der Waals surface area (Å²) in [4.78, 5) is 0. The van der Waals surface area contributed by atoms with Gasteiger partial charge in [-0.1, -0.05) is 0 Å². The van der Waals surface area contributed by atoms with E-state index in [0.717, 1.165) is 0 Å². The molecule has 1 aromatic carbocycles. The number of hydrogen-bond donors (Lipinski definition) is 4. The van der Waals surface area contributed by atoms with Gasteiger partial charge < -0.3 is 17.6 Å². The molecule has 0 unspecified atom stereocenters. The van der Waals surface area contributed by atoms with Gasteiger partial charge in [0.1, 0.15) is 5.84 Å². The predicted molar refractivity (Wildman–Crippen MR) is 46.9 cm³/mol. The first-order valence-corrected chi connectivity index (χ1v) is 2.90. The summed E-state index contributed by atoms with van der Waals surface area (Å²) in [5, 5.41) is 7.04. The number of nitrogens with one attached hydrogen (secondary N) is 1. The van der Waals surface area contributed by atoms with Crippen LogP contribution in [0.2, 0.25) is 0 Å². The molecule has 0 radical (unpaired) electrons. The molecule has 8 N–H and O–H groups in total. The lowest BCUT2D eigenvalue weighted by atomic mass is 10.2. The summed E-state index contributed by atoms with van der Waals surface area (Å²) in [6.07, 6.45) is 0. The van der Waals surface area contributed by atoms with Crippen LogP contribution in [0.25, 0.3) is 0 Å². The zero-order chi connectivity index (χ0) is 7.56. The molecule has 0 amide bonds. The summed E-state index contributed by atoms with van der Waals surface area (Å²) in [5.41, 5.74) is 12.0. The molecule has 0 saturated carbocycles. The van der Waals surface area contributed by atoms with Crippen molar-refractivity contribution in [3.8, 4) is 0 Å². The van der Waals surface area contributed by atoms with Crippen molar-refractivity contribution in [1.29, 1.82) is 5.41 Å². The number of anilines is 1. The molecule has 0 aromatic heterocycles. The molecule has 4 heteroatoms. The molecule has 0 fully saturated rings. The average molecular weight is 152 g/mol. The highest BCUT2D eigenvalue weighted by molar-refractivity contribution is 5.95. The highest BCUT2D eigenvalue weighted by Crippen LogP contribution is 2.03. The zero-order valence-electron chi connectivity index (χ0n) is 6.17. The molecule has 0 aliphatic carbocycles. The Balaban J connectivity index is 0.000001000. The van der Waals surface area contributed by atoms with Crippen molar-refractivity contribution in [1.82, 2.24) is 6.15 Å². The minimum Gasteiger partial charge on any atom is -0.399 e. The first-order chi connectivity index (χ1) is 4.70. The number of nitrogen functional groups attached to an aromatic ring is 2. The Morgan fingerprint density at radius 3 is 2.00 bits per heavy atom. The molecular weight excluding hydrogens is 140 g/mol. The van der Waals surface area contributed by atoms with Gasteiger partial charge in [-0.05, 0) is 24.3 Å². The van der Waals surface area contributed by atoms with Crippen LogP contribution in [0.15, 0.2) is 24.3 Å². The molecule has 0 aliphatic rings. The predicted octanol–water partition coefficient (Wildman–Crippen LogP) is 0.715. The quantitative estimate of drug-likeness (QED) is 0.270. The van der Waals surface area contributed by atoms with Crippen molar-refractivity contribution in [2.45, 2.75) is 0 Å². The number of hydrogen-bond acceptors (Lipinski definition) is 3. The van der Waals surface area contributed by atoms with E-state index in [1.807, 2.05) is 0 Å². The fourth-order valence-corrected chi connectivity index (χ4v) is 0.663. The molecular formula is C7H12N4. The van der Waals surface area contributed by atoms with Gasteiger partial charge in [0, 0.05) is 11.3 Å².